The van der Waals surface area contributed by atoms with Gasteiger partial charge in [-0.3, -0.25) is 19.4 Å². The molecule has 2 amide bonds. The van der Waals surface area contributed by atoms with E-state index >= 15 is 0 Å². The molecule has 0 unspecified atom stereocenters. The highest BCUT2D eigenvalue weighted by Crippen LogP contribution is 2.21. The second-order valence-electron chi connectivity index (χ2n) is 7.69. The van der Waals surface area contributed by atoms with E-state index in [1.165, 1.54) is 4.90 Å². The van der Waals surface area contributed by atoms with Crippen molar-refractivity contribution in [1.82, 2.24) is 9.80 Å². The summed E-state index contributed by atoms with van der Waals surface area (Å²) in [5.74, 6) is -0.118. The first-order valence-electron chi connectivity index (χ1n) is 7.08. The number of rotatable bonds is 2. The van der Waals surface area contributed by atoms with E-state index in [9.17, 15) is 9.59 Å². The average Bonchev–Trinajstić information content (AvgIpc) is 2.23. The van der Waals surface area contributed by atoms with E-state index in [-0.39, 0.29) is 17.2 Å². The van der Waals surface area contributed by atoms with E-state index in [4.69, 9.17) is 0 Å². The minimum absolute atomic E-state index is 0.0555. The van der Waals surface area contributed by atoms with Gasteiger partial charge in [-0.1, -0.05) is 41.5 Å². The largest absolute Gasteiger partial charge is 0.293 e. The number of amides is 2. The molecule has 1 aliphatic rings. The van der Waals surface area contributed by atoms with E-state index < -0.39 is 5.41 Å². The highest BCUT2D eigenvalue weighted by molar-refractivity contribution is 5.98. The molecule has 0 aliphatic carbocycles. The molecule has 0 bridgehead atoms. The van der Waals surface area contributed by atoms with E-state index in [0.717, 1.165) is 19.5 Å². The molecule has 0 radical (unpaired) electrons. The third kappa shape index (κ3) is 4.94. The molecule has 1 heterocycles. The van der Waals surface area contributed by atoms with Crippen LogP contribution in [0, 0.1) is 10.8 Å². The van der Waals surface area contributed by atoms with Gasteiger partial charge in [-0.2, -0.15) is 0 Å². The van der Waals surface area contributed by atoms with Crippen molar-refractivity contribution < 1.29 is 9.59 Å². The molecule has 4 nitrogen and oxygen atoms in total. The van der Waals surface area contributed by atoms with Crippen LogP contribution >= 0.6 is 0 Å². The Balaban J connectivity index is 2.53. The fourth-order valence-corrected chi connectivity index (χ4v) is 2.03. The summed E-state index contributed by atoms with van der Waals surface area (Å²) in [5, 5.41) is 0. The van der Waals surface area contributed by atoms with Crippen LogP contribution in [0.3, 0.4) is 0 Å². The van der Waals surface area contributed by atoms with Gasteiger partial charge in [0.1, 0.15) is 0 Å². The second-order valence-corrected chi connectivity index (χ2v) is 7.69. The van der Waals surface area contributed by atoms with Crippen molar-refractivity contribution in [3.8, 4) is 0 Å². The Morgan fingerprint density at radius 3 is 2.11 bits per heavy atom. The Hall–Kier alpha value is -0.900. The molecule has 0 aromatic carbocycles. The van der Waals surface area contributed by atoms with Crippen LogP contribution in [0.2, 0.25) is 0 Å². The number of hydrogen-bond donors (Lipinski definition) is 0. The van der Waals surface area contributed by atoms with Crippen LogP contribution in [0.1, 0.15) is 48.0 Å². The van der Waals surface area contributed by atoms with Crippen molar-refractivity contribution in [3.05, 3.63) is 0 Å². The van der Waals surface area contributed by atoms with Gasteiger partial charge in [-0.15, -0.1) is 0 Å². The fourth-order valence-electron chi connectivity index (χ4n) is 2.03. The lowest BCUT2D eigenvalue weighted by molar-refractivity contribution is -0.153. The summed E-state index contributed by atoms with van der Waals surface area (Å²) in [6.45, 7) is 14.8. The Morgan fingerprint density at radius 2 is 1.68 bits per heavy atom. The monoisotopic (exact) mass is 268 g/mol. The summed E-state index contributed by atoms with van der Waals surface area (Å²) >= 11 is 0. The smallest absolute Gasteiger partial charge is 0.243 e. The Labute approximate surface area is 117 Å². The number of hydrogen-bond acceptors (Lipinski definition) is 3. The first-order valence-corrected chi connectivity index (χ1v) is 7.08. The minimum Gasteiger partial charge on any atom is -0.293 e. The summed E-state index contributed by atoms with van der Waals surface area (Å²) in [6, 6.07) is 0. The van der Waals surface area contributed by atoms with Crippen molar-refractivity contribution >= 4 is 11.8 Å². The summed E-state index contributed by atoms with van der Waals surface area (Å²) in [5.41, 5.74) is -0.204. The van der Waals surface area contributed by atoms with Crippen molar-refractivity contribution in [1.29, 1.82) is 0 Å². The van der Waals surface area contributed by atoms with E-state index in [1.54, 1.807) is 0 Å². The van der Waals surface area contributed by atoms with Gasteiger partial charge in [0.2, 0.25) is 11.8 Å². The minimum atomic E-state index is -0.483. The van der Waals surface area contributed by atoms with Gasteiger partial charge >= 0.3 is 0 Å². The molecule has 1 aliphatic heterocycles. The maximum absolute atomic E-state index is 12.1. The Morgan fingerprint density at radius 1 is 1.11 bits per heavy atom. The van der Waals surface area contributed by atoms with Crippen molar-refractivity contribution in [3.63, 3.8) is 0 Å². The molecule has 0 aromatic heterocycles. The molecule has 0 spiro atoms. The highest BCUT2D eigenvalue weighted by Gasteiger charge is 2.34. The molecule has 1 fully saturated rings. The van der Waals surface area contributed by atoms with Gasteiger partial charge in [0, 0.05) is 18.5 Å². The number of piperazine rings is 1. The van der Waals surface area contributed by atoms with Gasteiger partial charge in [-0.25, -0.2) is 0 Å². The molecule has 1 rings (SSSR count). The molecular weight excluding hydrogens is 240 g/mol. The van der Waals surface area contributed by atoms with Gasteiger partial charge in [-0.05, 0) is 18.4 Å². The normalized spacial score (nSPS) is 18.8. The molecule has 19 heavy (non-hydrogen) atoms. The molecule has 110 valence electrons. The number of carbonyl (C=O) groups is 2. The highest BCUT2D eigenvalue weighted by atomic mass is 16.2. The van der Waals surface area contributed by atoms with Crippen molar-refractivity contribution in [2.45, 2.75) is 48.0 Å². The lowest BCUT2D eigenvalue weighted by Gasteiger charge is -2.36. The molecule has 0 aromatic rings. The first kappa shape index (κ1) is 16.2. The lowest BCUT2D eigenvalue weighted by atomic mass is 9.92. The van der Waals surface area contributed by atoms with Crippen LogP contribution in [0.25, 0.3) is 0 Å². The van der Waals surface area contributed by atoms with Gasteiger partial charge in [0.05, 0.1) is 6.54 Å². The zero-order valence-corrected chi connectivity index (χ0v) is 13.2. The predicted octanol–water partition coefficient (Wildman–Crippen LogP) is 2.14. The standard InChI is InChI=1S/C15H28N2O2/c1-14(2,3)7-8-16-9-10-17(12(18)11-16)13(19)15(4,5)6/h7-11H2,1-6H3. The third-order valence-electron chi connectivity index (χ3n) is 3.36. The number of carbonyl (C=O) groups excluding carboxylic acids is 2. The molecule has 4 heteroatoms. The van der Waals surface area contributed by atoms with Crippen molar-refractivity contribution in [2.24, 2.45) is 10.8 Å². The van der Waals surface area contributed by atoms with Crippen LogP contribution in [-0.2, 0) is 9.59 Å². The molecule has 1 saturated heterocycles. The van der Waals surface area contributed by atoms with Crippen LogP contribution < -0.4 is 0 Å². The quantitative estimate of drug-likeness (QED) is 0.770. The first-order chi connectivity index (χ1) is 8.50. The summed E-state index contributed by atoms with van der Waals surface area (Å²) in [4.78, 5) is 27.8. The predicted molar refractivity (Wildman–Crippen MR) is 76.7 cm³/mol. The molecule has 0 atom stereocenters. The summed E-state index contributed by atoms with van der Waals surface area (Å²) in [6.07, 6.45) is 1.06. The van der Waals surface area contributed by atoms with E-state index in [1.807, 2.05) is 20.8 Å². The zero-order chi connectivity index (χ0) is 14.8. The maximum Gasteiger partial charge on any atom is 0.243 e. The van der Waals surface area contributed by atoms with Gasteiger partial charge in [0.15, 0.2) is 0 Å². The third-order valence-corrected chi connectivity index (χ3v) is 3.36. The maximum atomic E-state index is 12.1. The summed E-state index contributed by atoms with van der Waals surface area (Å²) in [7, 11) is 0. The fraction of sp³-hybridized carbons (Fsp3) is 0.867. The topological polar surface area (TPSA) is 40.6 Å². The van der Waals surface area contributed by atoms with E-state index in [0.29, 0.717) is 13.1 Å². The molecule has 0 saturated carbocycles. The SMILES string of the molecule is CC(C)(C)CCN1CCN(C(=O)C(C)(C)C)C(=O)C1. The Kier molecular flexibility index (Phi) is 4.77. The van der Waals surface area contributed by atoms with Gasteiger partial charge < -0.3 is 0 Å². The van der Waals surface area contributed by atoms with Crippen LogP contribution in [0.15, 0.2) is 0 Å². The average molecular weight is 268 g/mol. The Bertz CT molecular complexity index is 350. The zero-order valence-electron chi connectivity index (χ0n) is 13.2. The van der Waals surface area contributed by atoms with Crippen molar-refractivity contribution in [2.75, 3.05) is 26.2 Å². The van der Waals surface area contributed by atoms with Crippen LogP contribution in [-0.4, -0.2) is 47.8 Å². The van der Waals surface area contributed by atoms with Crippen LogP contribution in [0.4, 0.5) is 0 Å². The lowest BCUT2D eigenvalue weighted by Crippen LogP contribution is -2.55. The number of nitrogens with zero attached hydrogens (tertiary/aromatic N) is 2. The molecule has 0 N–H and O–H groups in total. The van der Waals surface area contributed by atoms with E-state index in [2.05, 4.69) is 25.7 Å². The van der Waals surface area contributed by atoms with Crippen LogP contribution in [0.5, 0.6) is 0 Å². The summed E-state index contributed by atoms with van der Waals surface area (Å²) < 4.78 is 0. The second kappa shape index (κ2) is 5.61. The molecular formula is C15H28N2O2. The van der Waals surface area contributed by atoms with Gasteiger partial charge in [0.25, 0.3) is 0 Å². The number of imide groups is 1.